The standard InChI is InChI=1S/C21H27N3O4/c1-14(2)23(16-10-5-4-6-11-16)18(25)13-22-19(26)20(27)24(21(22)28)17-12-8-7-9-15(17)3/h4-6,10-11,14-15,17H,7-9,12-13H2,1-3H3/t15-,17-/m1/s1. The summed E-state index contributed by atoms with van der Waals surface area (Å²) in [5.74, 6) is -1.96. The van der Waals surface area contributed by atoms with Gasteiger partial charge >= 0.3 is 17.8 Å². The minimum absolute atomic E-state index is 0.154. The lowest BCUT2D eigenvalue weighted by atomic mass is 9.85. The van der Waals surface area contributed by atoms with E-state index in [1.807, 2.05) is 39.0 Å². The Hall–Kier alpha value is -2.70. The van der Waals surface area contributed by atoms with Gasteiger partial charge in [0.1, 0.15) is 6.54 Å². The lowest BCUT2D eigenvalue weighted by Crippen LogP contribution is -2.48. The molecule has 1 saturated carbocycles. The zero-order valence-corrected chi connectivity index (χ0v) is 16.6. The second kappa shape index (κ2) is 8.12. The molecule has 2 aliphatic rings. The summed E-state index contributed by atoms with van der Waals surface area (Å²) in [6, 6.07) is 7.99. The number of imide groups is 2. The van der Waals surface area contributed by atoms with Gasteiger partial charge in [-0.25, -0.2) is 9.69 Å². The number of amides is 5. The molecule has 1 aromatic rings. The van der Waals surface area contributed by atoms with E-state index in [0.717, 1.165) is 29.1 Å². The first kappa shape index (κ1) is 20.0. The second-order valence-corrected chi connectivity index (χ2v) is 7.87. The van der Waals surface area contributed by atoms with Crippen LogP contribution >= 0.6 is 0 Å². The summed E-state index contributed by atoms with van der Waals surface area (Å²) in [6.07, 6.45) is 3.61. The number of para-hydroxylation sites is 1. The largest absolute Gasteiger partial charge is 0.334 e. The van der Waals surface area contributed by atoms with Crippen molar-refractivity contribution in [1.82, 2.24) is 9.80 Å². The number of carbonyl (C=O) groups is 4. The number of nitrogens with zero attached hydrogens (tertiary/aromatic N) is 3. The van der Waals surface area contributed by atoms with Crippen molar-refractivity contribution in [2.45, 2.75) is 58.5 Å². The van der Waals surface area contributed by atoms with Gasteiger partial charge in [-0.1, -0.05) is 38.0 Å². The van der Waals surface area contributed by atoms with Crippen molar-refractivity contribution in [3.8, 4) is 0 Å². The molecule has 7 nitrogen and oxygen atoms in total. The van der Waals surface area contributed by atoms with Crippen LogP contribution < -0.4 is 4.90 Å². The third kappa shape index (κ3) is 3.66. The third-order valence-electron chi connectivity index (χ3n) is 5.59. The van der Waals surface area contributed by atoms with E-state index >= 15 is 0 Å². The number of urea groups is 1. The summed E-state index contributed by atoms with van der Waals surface area (Å²) in [6.45, 7) is 5.28. The van der Waals surface area contributed by atoms with E-state index < -0.39 is 30.3 Å². The summed E-state index contributed by atoms with van der Waals surface area (Å²) in [5, 5.41) is 0. The van der Waals surface area contributed by atoms with E-state index in [2.05, 4.69) is 0 Å². The van der Waals surface area contributed by atoms with Crippen molar-refractivity contribution in [3.63, 3.8) is 0 Å². The maximum Gasteiger partial charge on any atom is 0.334 e. The van der Waals surface area contributed by atoms with Crippen LogP contribution in [0.5, 0.6) is 0 Å². The van der Waals surface area contributed by atoms with Crippen LogP contribution in [0, 0.1) is 5.92 Å². The molecule has 0 aromatic heterocycles. The molecule has 1 saturated heterocycles. The molecular formula is C21H27N3O4. The molecule has 1 aromatic carbocycles. The van der Waals surface area contributed by atoms with E-state index in [9.17, 15) is 19.2 Å². The first-order valence-electron chi connectivity index (χ1n) is 9.89. The summed E-state index contributed by atoms with van der Waals surface area (Å²) in [4.78, 5) is 54.2. The molecule has 0 bridgehead atoms. The minimum atomic E-state index is -0.909. The van der Waals surface area contributed by atoms with E-state index in [0.29, 0.717) is 12.1 Å². The highest BCUT2D eigenvalue weighted by Crippen LogP contribution is 2.31. The molecule has 28 heavy (non-hydrogen) atoms. The van der Waals surface area contributed by atoms with Crippen LogP contribution in [0.4, 0.5) is 10.5 Å². The minimum Gasteiger partial charge on any atom is -0.308 e. The molecule has 3 rings (SSSR count). The quantitative estimate of drug-likeness (QED) is 0.577. The molecule has 2 atom stereocenters. The van der Waals surface area contributed by atoms with Crippen LogP contribution in [0.25, 0.3) is 0 Å². The van der Waals surface area contributed by atoms with Crippen LogP contribution in [0.2, 0.25) is 0 Å². The zero-order chi connectivity index (χ0) is 20.4. The van der Waals surface area contributed by atoms with Gasteiger partial charge in [-0.05, 0) is 44.7 Å². The molecule has 1 heterocycles. The number of hydrogen-bond acceptors (Lipinski definition) is 4. The van der Waals surface area contributed by atoms with Crippen LogP contribution in [0.1, 0.15) is 46.5 Å². The third-order valence-corrected chi connectivity index (χ3v) is 5.59. The lowest BCUT2D eigenvalue weighted by Gasteiger charge is -2.34. The van der Waals surface area contributed by atoms with Crippen LogP contribution in [-0.4, -0.2) is 52.2 Å². The summed E-state index contributed by atoms with van der Waals surface area (Å²) in [5.41, 5.74) is 0.686. The fraction of sp³-hybridized carbons (Fsp3) is 0.524. The van der Waals surface area contributed by atoms with Crippen molar-refractivity contribution in [2.75, 3.05) is 11.4 Å². The molecule has 0 unspecified atom stereocenters. The van der Waals surface area contributed by atoms with E-state index in [4.69, 9.17) is 0 Å². The van der Waals surface area contributed by atoms with Gasteiger partial charge in [-0.2, -0.15) is 0 Å². The molecule has 0 N–H and O–H groups in total. The SMILES string of the molecule is CC(C)N(C(=O)CN1C(=O)C(=O)N([C@@H]2CCCC[C@H]2C)C1=O)c1ccccc1. The van der Waals surface area contributed by atoms with Gasteiger partial charge in [0.25, 0.3) is 0 Å². The molecule has 0 radical (unpaired) electrons. The maximum absolute atomic E-state index is 12.9. The topological polar surface area (TPSA) is 78.0 Å². The maximum atomic E-state index is 12.9. The predicted molar refractivity (Wildman–Crippen MR) is 104 cm³/mol. The molecule has 1 aliphatic heterocycles. The molecule has 7 heteroatoms. The Morgan fingerprint density at radius 3 is 2.32 bits per heavy atom. The smallest absolute Gasteiger partial charge is 0.308 e. The lowest BCUT2D eigenvalue weighted by molar-refractivity contribution is -0.145. The van der Waals surface area contributed by atoms with Crippen molar-refractivity contribution < 1.29 is 19.2 Å². The average Bonchev–Trinajstić information content (AvgIpc) is 2.86. The van der Waals surface area contributed by atoms with Gasteiger partial charge in [0.05, 0.1) is 0 Å². The first-order chi connectivity index (χ1) is 13.3. The summed E-state index contributed by atoms with van der Waals surface area (Å²) in [7, 11) is 0. The van der Waals surface area contributed by atoms with Crippen LogP contribution in [0.3, 0.4) is 0 Å². The van der Waals surface area contributed by atoms with Gasteiger partial charge in [0.2, 0.25) is 5.91 Å². The fourth-order valence-corrected chi connectivity index (χ4v) is 4.16. The molecule has 2 fully saturated rings. The number of carbonyl (C=O) groups excluding carboxylic acids is 4. The van der Waals surface area contributed by atoms with Crippen molar-refractivity contribution >= 4 is 29.4 Å². The summed E-state index contributed by atoms with van der Waals surface area (Å²) >= 11 is 0. The number of benzene rings is 1. The second-order valence-electron chi connectivity index (χ2n) is 7.87. The summed E-state index contributed by atoms with van der Waals surface area (Å²) < 4.78 is 0. The molecular weight excluding hydrogens is 358 g/mol. The van der Waals surface area contributed by atoms with E-state index in [-0.39, 0.29) is 18.0 Å². The van der Waals surface area contributed by atoms with Gasteiger partial charge in [0.15, 0.2) is 0 Å². The molecule has 1 aliphatic carbocycles. The predicted octanol–water partition coefficient (Wildman–Crippen LogP) is 2.80. The van der Waals surface area contributed by atoms with E-state index in [1.54, 1.807) is 12.1 Å². The number of anilines is 1. The normalized spacial score (nSPS) is 22.9. The molecule has 5 amide bonds. The Labute approximate surface area is 165 Å². The van der Waals surface area contributed by atoms with Crippen molar-refractivity contribution in [2.24, 2.45) is 5.92 Å². The highest BCUT2D eigenvalue weighted by molar-refractivity contribution is 6.45. The van der Waals surface area contributed by atoms with Crippen molar-refractivity contribution in [1.29, 1.82) is 0 Å². The monoisotopic (exact) mass is 385 g/mol. The Morgan fingerprint density at radius 1 is 1.07 bits per heavy atom. The average molecular weight is 385 g/mol. The van der Waals surface area contributed by atoms with Gasteiger partial charge < -0.3 is 4.90 Å². The van der Waals surface area contributed by atoms with Crippen molar-refractivity contribution in [3.05, 3.63) is 30.3 Å². The number of rotatable bonds is 5. The van der Waals surface area contributed by atoms with E-state index in [1.165, 1.54) is 4.90 Å². The van der Waals surface area contributed by atoms with Gasteiger partial charge in [0, 0.05) is 17.8 Å². The molecule has 150 valence electrons. The van der Waals surface area contributed by atoms with Gasteiger partial charge in [-0.3, -0.25) is 19.3 Å². The zero-order valence-electron chi connectivity index (χ0n) is 16.6. The highest BCUT2D eigenvalue weighted by atomic mass is 16.2. The first-order valence-corrected chi connectivity index (χ1v) is 9.89. The Kier molecular flexibility index (Phi) is 5.82. The van der Waals surface area contributed by atoms with Crippen LogP contribution in [0.15, 0.2) is 30.3 Å². The van der Waals surface area contributed by atoms with Gasteiger partial charge in [-0.15, -0.1) is 0 Å². The van der Waals surface area contributed by atoms with Crippen LogP contribution in [-0.2, 0) is 14.4 Å². The Balaban J connectivity index is 1.79. The Morgan fingerprint density at radius 2 is 1.71 bits per heavy atom. The molecule has 0 spiro atoms. The highest BCUT2D eigenvalue weighted by Gasteiger charge is 2.49. The Bertz CT molecular complexity index is 777. The number of hydrogen-bond donors (Lipinski definition) is 0. The fourth-order valence-electron chi connectivity index (χ4n) is 4.16.